The molecule has 2 aromatic rings. The highest BCUT2D eigenvalue weighted by Crippen LogP contribution is 2.13. The molecule has 0 atom stereocenters. The van der Waals surface area contributed by atoms with E-state index in [4.69, 9.17) is 5.26 Å². The second-order valence-electron chi connectivity index (χ2n) is 3.75. The fourth-order valence-electron chi connectivity index (χ4n) is 1.66. The summed E-state index contributed by atoms with van der Waals surface area (Å²) in [5.41, 5.74) is 2.81. The van der Waals surface area contributed by atoms with Gasteiger partial charge in [0.2, 0.25) is 0 Å². The Morgan fingerprint density at radius 1 is 1.18 bits per heavy atom. The van der Waals surface area contributed by atoms with Gasteiger partial charge >= 0.3 is 0 Å². The van der Waals surface area contributed by atoms with Gasteiger partial charge in [0.15, 0.2) is 0 Å². The van der Waals surface area contributed by atoms with Crippen LogP contribution in [-0.4, -0.2) is 6.54 Å². The van der Waals surface area contributed by atoms with Gasteiger partial charge in [-0.2, -0.15) is 5.26 Å². The first kappa shape index (κ1) is 11.2. The molecule has 0 aliphatic rings. The highest BCUT2D eigenvalue weighted by atomic mass is 14.9. The van der Waals surface area contributed by atoms with Crippen molar-refractivity contribution < 1.29 is 0 Å². The third kappa shape index (κ3) is 3.09. The highest BCUT2D eigenvalue weighted by Gasteiger charge is 1.99. The molecule has 0 aromatic heterocycles. The lowest BCUT2D eigenvalue weighted by Gasteiger charge is -2.07. The molecule has 17 heavy (non-hydrogen) atoms. The summed E-state index contributed by atoms with van der Waals surface area (Å²) < 4.78 is 0. The van der Waals surface area contributed by atoms with Crippen molar-refractivity contribution in [3.63, 3.8) is 0 Å². The first-order valence-corrected chi connectivity index (χ1v) is 5.58. The van der Waals surface area contributed by atoms with Gasteiger partial charge in [-0.3, -0.25) is 0 Å². The van der Waals surface area contributed by atoms with Crippen LogP contribution in [0.2, 0.25) is 0 Å². The Kier molecular flexibility index (Phi) is 3.77. The molecule has 0 saturated carbocycles. The third-order valence-corrected chi connectivity index (χ3v) is 2.56. The molecule has 2 rings (SSSR count). The molecule has 83 valence electrons. The monoisotopic (exact) mass is 221 g/mol. The van der Waals surface area contributed by atoms with Crippen molar-refractivity contribution >= 4 is 5.69 Å². The van der Waals surface area contributed by atoms with Crippen LogP contribution >= 0.6 is 0 Å². The minimum atomic E-state index is 0.639. The summed E-state index contributed by atoms with van der Waals surface area (Å²) >= 11 is 0. The molecule has 0 heterocycles. The number of nitrogens with zero attached hydrogens (tertiary/aromatic N) is 1. The van der Waals surface area contributed by atoms with Crippen molar-refractivity contribution in [3.8, 4) is 6.07 Å². The molecule has 0 aliphatic heterocycles. The lowest BCUT2D eigenvalue weighted by atomic mass is 10.1. The highest BCUT2D eigenvalue weighted by molar-refractivity contribution is 5.56. The average molecular weight is 221 g/mol. The van der Waals surface area contributed by atoms with Gasteiger partial charge in [-0.05, 0) is 30.2 Å². The summed E-state index contributed by atoms with van der Waals surface area (Å²) in [6.07, 6.45) is 0.949. The van der Waals surface area contributed by atoms with Crippen LogP contribution in [0.4, 0.5) is 5.69 Å². The van der Waals surface area contributed by atoms with Gasteiger partial charge in [0.25, 0.3) is 0 Å². The number of rotatable bonds is 4. The number of nitriles is 1. The van der Waals surface area contributed by atoms with Crippen LogP contribution in [0, 0.1) is 17.4 Å². The minimum absolute atomic E-state index is 0.639. The van der Waals surface area contributed by atoms with Crippen LogP contribution in [0.1, 0.15) is 11.1 Å². The van der Waals surface area contributed by atoms with E-state index in [0.717, 1.165) is 18.7 Å². The second-order valence-corrected chi connectivity index (χ2v) is 3.75. The van der Waals surface area contributed by atoms with Crippen LogP contribution in [0.5, 0.6) is 0 Å². The molecule has 2 nitrogen and oxygen atoms in total. The van der Waals surface area contributed by atoms with Crippen molar-refractivity contribution in [1.29, 1.82) is 5.26 Å². The van der Waals surface area contributed by atoms with E-state index in [9.17, 15) is 0 Å². The number of benzene rings is 2. The zero-order valence-corrected chi connectivity index (χ0v) is 9.48. The normalized spacial score (nSPS) is 9.59. The Labute approximate surface area is 102 Å². The molecule has 0 unspecified atom stereocenters. The summed E-state index contributed by atoms with van der Waals surface area (Å²) in [7, 11) is 0. The molecule has 0 saturated heterocycles. The molecule has 0 fully saturated rings. The van der Waals surface area contributed by atoms with E-state index in [1.54, 1.807) is 6.07 Å². The largest absolute Gasteiger partial charge is 0.384 e. The van der Waals surface area contributed by atoms with E-state index in [2.05, 4.69) is 29.6 Å². The summed E-state index contributed by atoms with van der Waals surface area (Å²) in [6, 6.07) is 20.7. The molecule has 0 spiro atoms. The smallest absolute Gasteiger partial charge is 0.101 e. The number of hydrogen-bond acceptors (Lipinski definition) is 2. The molecule has 0 bridgehead atoms. The lowest BCUT2D eigenvalue weighted by molar-refractivity contribution is 1.02. The predicted molar refractivity (Wildman–Crippen MR) is 68.6 cm³/mol. The number of hydrogen-bond donors (Lipinski definition) is 1. The minimum Gasteiger partial charge on any atom is -0.384 e. The maximum atomic E-state index is 8.92. The maximum Gasteiger partial charge on any atom is 0.101 e. The maximum absolute atomic E-state index is 8.92. The lowest BCUT2D eigenvalue weighted by Crippen LogP contribution is -2.05. The first-order chi connectivity index (χ1) is 8.40. The molecular formula is C15H13N2. The molecule has 1 N–H and O–H groups in total. The van der Waals surface area contributed by atoms with Crippen molar-refractivity contribution in [3.05, 3.63) is 65.7 Å². The van der Waals surface area contributed by atoms with Crippen molar-refractivity contribution in [1.82, 2.24) is 0 Å². The summed E-state index contributed by atoms with van der Waals surface area (Å²) in [4.78, 5) is 0. The van der Waals surface area contributed by atoms with Crippen LogP contribution in [-0.2, 0) is 6.42 Å². The third-order valence-electron chi connectivity index (χ3n) is 2.56. The van der Waals surface area contributed by atoms with E-state index in [0.29, 0.717) is 5.56 Å². The molecule has 0 amide bonds. The van der Waals surface area contributed by atoms with Gasteiger partial charge in [-0.25, -0.2) is 0 Å². The van der Waals surface area contributed by atoms with Crippen molar-refractivity contribution in [2.24, 2.45) is 0 Å². The summed E-state index contributed by atoms with van der Waals surface area (Å²) in [6.45, 7) is 0.822. The zero-order valence-electron chi connectivity index (χ0n) is 9.48. The van der Waals surface area contributed by atoms with Gasteiger partial charge in [0.1, 0.15) is 6.07 Å². The Balaban J connectivity index is 1.93. The Hall–Kier alpha value is -2.27. The molecule has 1 radical (unpaired) electrons. The van der Waals surface area contributed by atoms with Crippen LogP contribution in [0.3, 0.4) is 0 Å². The van der Waals surface area contributed by atoms with Crippen molar-refractivity contribution in [2.75, 3.05) is 11.9 Å². The number of nitrogens with one attached hydrogen (secondary N) is 1. The van der Waals surface area contributed by atoms with E-state index < -0.39 is 0 Å². The fourth-order valence-corrected chi connectivity index (χ4v) is 1.66. The Morgan fingerprint density at radius 3 is 2.76 bits per heavy atom. The van der Waals surface area contributed by atoms with E-state index in [1.807, 2.05) is 30.3 Å². The van der Waals surface area contributed by atoms with E-state index >= 15 is 0 Å². The zero-order chi connectivity index (χ0) is 11.9. The summed E-state index contributed by atoms with van der Waals surface area (Å²) in [5.74, 6) is 0. The fraction of sp³-hybridized carbons (Fsp3) is 0.133. The topological polar surface area (TPSA) is 35.8 Å². The van der Waals surface area contributed by atoms with Gasteiger partial charge < -0.3 is 5.32 Å². The van der Waals surface area contributed by atoms with Gasteiger partial charge in [-0.15, -0.1) is 0 Å². The Morgan fingerprint density at radius 2 is 2.00 bits per heavy atom. The Bertz CT molecular complexity index is 512. The van der Waals surface area contributed by atoms with Gasteiger partial charge in [0, 0.05) is 6.54 Å². The van der Waals surface area contributed by atoms with Gasteiger partial charge in [-0.1, -0.05) is 36.4 Å². The van der Waals surface area contributed by atoms with Gasteiger partial charge in [0.05, 0.1) is 11.3 Å². The van der Waals surface area contributed by atoms with Crippen LogP contribution in [0.15, 0.2) is 48.5 Å². The van der Waals surface area contributed by atoms with Crippen molar-refractivity contribution in [2.45, 2.75) is 6.42 Å². The molecule has 2 aromatic carbocycles. The first-order valence-electron chi connectivity index (χ1n) is 5.58. The van der Waals surface area contributed by atoms with Crippen LogP contribution in [0.25, 0.3) is 0 Å². The standard InChI is InChI=1S/C15H13N2/c16-12-14-8-4-5-9-15(14)17-11-10-13-6-2-1-3-7-13/h1-3,5-9,17H,10-11H2. The number of anilines is 1. The van der Waals surface area contributed by atoms with E-state index in [1.165, 1.54) is 5.56 Å². The van der Waals surface area contributed by atoms with E-state index in [-0.39, 0.29) is 0 Å². The SMILES string of the molecule is N#Cc1c[c]ccc1NCCc1ccccc1. The molecule has 2 heteroatoms. The molecule has 0 aliphatic carbocycles. The summed E-state index contributed by atoms with van der Waals surface area (Å²) in [5, 5.41) is 12.2. The predicted octanol–water partition coefficient (Wildman–Crippen LogP) is 3.01. The van der Waals surface area contributed by atoms with Crippen LogP contribution < -0.4 is 5.32 Å². The molecular weight excluding hydrogens is 208 g/mol. The average Bonchev–Trinajstić information content (AvgIpc) is 2.40. The second kappa shape index (κ2) is 5.72. The quantitative estimate of drug-likeness (QED) is 0.861.